The minimum absolute atomic E-state index is 0.157. The molecule has 0 radical (unpaired) electrons. The molecule has 3 unspecified atom stereocenters. The molecule has 2 aliphatic rings. The third-order valence-corrected chi connectivity index (χ3v) is 4.20. The Labute approximate surface area is 130 Å². The van der Waals surface area contributed by atoms with Gasteiger partial charge in [0.25, 0.3) is 0 Å². The molecule has 128 valence electrons. The second kappa shape index (κ2) is 7.91. The summed E-state index contributed by atoms with van der Waals surface area (Å²) in [6, 6.07) is 0. The summed E-state index contributed by atoms with van der Waals surface area (Å²) in [5.74, 6) is -0.247. The van der Waals surface area contributed by atoms with E-state index >= 15 is 0 Å². The van der Waals surface area contributed by atoms with E-state index in [1.165, 1.54) is 36.6 Å². The van der Waals surface area contributed by atoms with Crippen molar-refractivity contribution >= 4 is 15.6 Å². The molecule has 2 heterocycles. The van der Waals surface area contributed by atoms with E-state index in [-0.39, 0.29) is 12.6 Å². The summed E-state index contributed by atoms with van der Waals surface area (Å²) in [6.07, 6.45) is 8.92. The molecule has 23 heavy (non-hydrogen) atoms. The maximum absolute atomic E-state index is 11.5. The van der Waals surface area contributed by atoms with Crippen LogP contribution in [-0.4, -0.2) is 22.7 Å². The molecule has 0 aromatic rings. The van der Waals surface area contributed by atoms with Crippen LogP contribution in [0.1, 0.15) is 0 Å². The lowest BCUT2D eigenvalue weighted by Crippen LogP contribution is -2.13. The molecule has 0 saturated heterocycles. The summed E-state index contributed by atoms with van der Waals surface area (Å²) < 4.78 is 44.7. The number of hydrogen-bond acceptors (Lipinski definition) is 9. The van der Waals surface area contributed by atoms with Gasteiger partial charge in [0.1, 0.15) is 6.61 Å². The van der Waals surface area contributed by atoms with Crippen molar-refractivity contribution in [3.63, 3.8) is 0 Å². The Morgan fingerprint density at radius 1 is 1.13 bits per heavy atom. The van der Waals surface area contributed by atoms with E-state index in [2.05, 4.69) is 23.4 Å². The standard InChI is InChI=1S/C10H12O11P2/c11-22(12,19-17-9-5-1-3-7-15-9)21-23(13,14)20-18-10-6-2-4-8-16-10/h1-7,9H,8H2,(H,11,12)(H,13,14). The Kier molecular flexibility index (Phi) is 6.17. The number of allylic oxidation sites excluding steroid dienone is 4. The first kappa shape index (κ1) is 17.9. The smallest absolute Gasteiger partial charge is 0.466 e. The number of rotatable bonds is 8. The number of hydrogen-bond donors (Lipinski definition) is 2. The summed E-state index contributed by atoms with van der Waals surface area (Å²) in [4.78, 5) is 27.3. The van der Waals surface area contributed by atoms with Crippen molar-refractivity contribution in [3.8, 4) is 0 Å². The van der Waals surface area contributed by atoms with E-state index in [9.17, 15) is 18.9 Å². The van der Waals surface area contributed by atoms with Crippen LogP contribution in [0.25, 0.3) is 0 Å². The van der Waals surface area contributed by atoms with Gasteiger partial charge in [-0.3, -0.25) is 4.89 Å². The highest BCUT2D eigenvalue weighted by molar-refractivity contribution is 7.61. The van der Waals surface area contributed by atoms with Gasteiger partial charge in [0.15, 0.2) is 0 Å². The molecule has 0 aromatic heterocycles. The van der Waals surface area contributed by atoms with Crippen LogP contribution in [0.5, 0.6) is 0 Å². The predicted molar refractivity (Wildman–Crippen MR) is 71.4 cm³/mol. The van der Waals surface area contributed by atoms with Gasteiger partial charge < -0.3 is 19.3 Å². The van der Waals surface area contributed by atoms with Gasteiger partial charge in [-0.1, -0.05) is 16.8 Å². The second-order valence-corrected chi connectivity index (χ2v) is 6.62. The Balaban J connectivity index is 1.79. The summed E-state index contributed by atoms with van der Waals surface area (Å²) in [6.45, 7) is 0.157. The van der Waals surface area contributed by atoms with Gasteiger partial charge in [0.2, 0.25) is 6.29 Å². The van der Waals surface area contributed by atoms with Gasteiger partial charge in [0, 0.05) is 6.08 Å². The molecule has 0 saturated carbocycles. The van der Waals surface area contributed by atoms with E-state index in [0.29, 0.717) is 0 Å². The average Bonchev–Trinajstić information content (AvgIpc) is 2.52. The normalized spacial score (nSPS) is 24.8. The zero-order valence-electron chi connectivity index (χ0n) is 11.3. The summed E-state index contributed by atoms with van der Waals surface area (Å²) in [5.41, 5.74) is 0. The maximum Gasteiger partial charge on any atom is 0.517 e. The molecule has 0 fully saturated rings. The summed E-state index contributed by atoms with van der Waals surface area (Å²) in [5, 5.41) is 0. The quantitative estimate of drug-likeness (QED) is 0.368. The first-order valence-corrected chi connectivity index (χ1v) is 8.92. The maximum atomic E-state index is 11.5. The molecular formula is C10H12O11P2. The predicted octanol–water partition coefficient (Wildman–Crippen LogP) is 1.95. The van der Waals surface area contributed by atoms with E-state index in [1.807, 2.05) is 0 Å². The first-order valence-electron chi connectivity index (χ1n) is 5.93. The Bertz CT molecular complexity index is 622. The van der Waals surface area contributed by atoms with E-state index in [0.717, 1.165) is 0 Å². The molecule has 0 aliphatic carbocycles. The molecule has 13 heteroatoms. The number of ether oxygens (including phenoxy) is 2. The van der Waals surface area contributed by atoms with Crippen LogP contribution in [0.2, 0.25) is 0 Å². The van der Waals surface area contributed by atoms with Crippen LogP contribution in [0, 0.1) is 0 Å². The van der Waals surface area contributed by atoms with Crippen molar-refractivity contribution < 1.29 is 51.8 Å². The van der Waals surface area contributed by atoms with Crippen LogP contribution in [-0.2, 0) is 42.0 Å². The molecule has 3 atom stereocenters. The van der Waals surface area contributed by atoms with Crippen molar-refractivity contribution in [3.05, 3.63) is 48.7 Å². The zero-order valence-corrected chi connectivity index (χ0v) is 13.1. The van der Waals surface area contributed by atoms with E-state index in [4.69, 9.17) is 9.47 Å². The van der Waals surface area contributed by atoms with Crippen LogP contribution in [0.4, 0.5) is 0 Å². The average molecular weight is 370 g/mol. The van der Waals surface area contributed by atoms with Crippen LogP contribution in [0.15, 0.2) is 48.7 Å². The molecule has 2 aliphatic heterocycles. The van der Waals surface area contributed by atoms with Gasteiger partial charge in [-0.05, 0) is 18.2 Å². The Morgan fingerprint density at radius 2 is 1.91 bits per heavy atom. The highest BCUT2D eigenvalue weighted by atomic mass is 31.3. The van der Waals surface area contributed by atoms with Gasteiger partial charge in [0.05, 0.1) is 6.26 Å². The third kappa shape index (κ3) is 6.69. The Hall–Kier alpha value is -1.42. The largest absolute Gasteiger partial charge is 0.517 e. The fraction of sp³-hybridized carbons (Fsp3) is 0.200. The zero-order chi connectivity index (χ0) is 16.8. The molecule has 2 N–H and O–H groups in total. The number of phosphoric acid groups is 2. The lowest BCUT2D eigenvalue weighted by atomic mass is 10.4. The van der Waals surface area contributed by atoms with Crippen molar-refractivity contribution in [2.45, 2.75) is 6.29 Å². The van der Waals surface area contributed by atoms with Gasteiger partial charge in [-0.25, -0.2) is 9.13 Å². The molecule has 0 aromatic carbocycles. The highest BCUT2D eigenvalue weighted by Gasteiger charge is 2.39. The van der Waals surface area contributed by atoms with Crippen molar-refractivity contribution in [1.82, 2.24) is 0 Å². The third-order valence-electron chi connectivity index (χ3n) is 2.01. The van der Waals surface area contributed by atoms with Gasteiger partial charge in [-0.15, -0.1) is 4.67 Å². The minimum Gasteiger partial charge on any atom is -0.466 e. The van der Waals surface area contributed by atoms with E-state index in [1.54, 1.807) is 6.08 Å². The minimum atomic E-state index is -5.11. The molecule has 0 bridgehead atoms. The van der Waals surface area contributed by atoms with Crippen LogP contribution < -0.4 is 0 Å². The van der Waals surface area contributed by atoms with Crippen LogP contribution in [0.3, 0.4) is 0 Å². The van der Waals surface area contributed by atoms with Crippen molar-refractivity contribution in [2.24, 2.45) is 0 Å². The van der Waals surface area contributed by atoms with Gasteiger partial charge in [-0.2, -0.15) is 9.20 Å². The summed E-state index contributed by atoms with van der Waals surface area (Å²) in [7, 11) is -10.2. The monoisotopic (exact) mass is 370 g/mol. The molecule has 0 spiro atoms. The fourth-order valence-electron chi connectivity index (χ4n) is 1.19. The molecular weight excluding hydrogens is 358 g/mol. The van der Waals surface area contributed by atoms with Crippen molar-refractivity contribution in [2.75, 3.05) is 6.61 Å². The van der Waals surface area contributed by atoms with E-state index < -0.39 is 21.9 Å². The second-order valence-electron chi connectivity index (χ2n) is 3.79. The highest BCUT2D eigenvalue weighted by Crippen LogP contribution is 2.60. The van der Waals surface area contributed by atoms with Crippen molar-refractivity contribution in [1.29, 1.82) is 0 Å². The van der Waals surface area contributed by atoms with Gasteiger partial charge >= 0.3 is 21.6 Å². The summed E-state index contributed by atoms with van der Waals surface area (Å²) >= 11 is 0. The molecule has 0 amide bonds. The SMILES string of the molecule is O=P(O)(OOC1=CC=CCO1)OP(=O)(O)OOC1C=CC=CO1. The lowest BCUT2D eigenvalue weighted by Gasteiger charge is -2.18. The van der Waals surface area contributed by atoms with Crippen LogP contribution >= 0.6 is 15.6 Å². The lowest BCUT2D eigenvalue weighted by molar-refractivity contribution is -0.300. The molecule has 11 nitrogen and oxygen atoms in total. The topological polar surface area (TPSA) is 139 Å². The Morgan fingerprint density at radius 3 is 2.57 bits per heavy atom. The first-order chi connectivity index (χ1) is 10.9. The fourth-order valence-corrected chi connectivity index (χ4v) is 2.82. The molecule has 2 rings (SSSR count).